The van der Waals surface area contributed by atoms with Crippen molar-refractivity contribution in [3.8, 4) is 5.75 Å². The first kappa shape index (κ1) is 27.4. The zero-order chi connectivity index (χ0) is 26.1. The van der Waals surface area contributed by atoms with Crippen LogP contribution in [0.1, 0.15) is 65.9 Å². The summed E-state index contributed by atoms with van der Waals surface area (Å²) < 4.78 is 0. The fraction of sp³-hybridized carbons (Fsp3) is 0.500. The maximum atomic E-state index is 12.6. The standard InChI is InChI=1S/C27H34N4O2.C3H8/c1-19(2)11-14-25(33)30-15-17-31(18-16-30)27-21-9-6-7-20(3)12-13-23(21)28-26(29-27)22-8-4-5-10-24(22)32;1-3-2/h4-5,7-10,12-13,19,23,32H,6,11,14-18H2,1-3H3;3H2,1-2H3/b13-12?,20-7-,21-9+;. The van der Waals surface area contributed by atoms with Gasteiger partial charge in [0.1, 0.15) is 11.6 Å². The zero-order valence-corrected chi connectivity index (χ0v) is 22.6. The molecule has 0 saturated carbocycles. The molecule has 36 heavy (non-hydrogen) atoms. The smallest absolute Gasteiger partial charge is 0.222 e. The molecule has 6 heteroatoms. The van der Waals surface area contributed by atoms with E-state index in [2.05, 4.69) is 63.8 Å². The highest BCUT2D eigenvalue weighted by atomic mass is 16.3. The van der Waals surface area contributed by atoms with E-state index in [1.54, 1.807) is 12.1 Å². The normalized spacial score (nSPS) is 22.6. The highest BCUT2D eigenvalue weighted by Gasteiger charge is 2.31. The number of carbonyl (C=O) groups is 1. The van der Waals surface area contributed by atoms with Crippen LogP contribution in [-0.4, -0.2) is 64.7 Å². The maximum absolute atomic E-state index is 12.6. The minimum absolute atomic E-state index is 0.151. The summed E-state index contributed by atoms with van der Waals surface area (Å²) >= 11 is 0. The van der Waals surface area contributed by atoms with Crippen molar-refractivity contribution in [3.63, 3.8) is 0 Å². The molecule has 1 N–H and O–H groups in total. The zero-order valence-electron chi connectivity index (χ0n) is 22.6. The van der Waals surface area contributed by atoms with Crippen molar-refractivity contribution in [2.75, 3.05) is 26.2 Å². The first-order valence-corrected chi connectivity index (χ1v) is 13.4. The van der Waals surface area contributed by atoms with Crippen LogP contribution in [0, 0.1) is 5.92 Å². The van der Waals surface area contributed by atoms with Crippen molar-refractivity contribution in [3.05, 3.63) is 65.3 Å². The van der Waals surface area contributed by atoms with Gasteiger partial charge in [-0.25, -0.2) is 4.99 Å². The first-order chi connectivity index (χ1) is 17.3. The molecule has 1 saturated heterocycles. The number of para-hydroxylation sites is 1. The quantitative estimate of drug-likeness (QED) is 0.584. The van der Waals surface area contributed by atoms with Gasteiger partial charge in [0.25, 0.3) is 0 Å². The maximum Gasteiger partial charge on any atom is 0.222 e. The van der Waals surface area contributed by atoms with Crippen LogP contribution in [0.3, 0.4) is 0 Å². The Hall–Kier alpha value is -3.15. The summed E-state index contributed by atoms with van der Waals surface area (Å²) in [5.74, 6) is 2.41. The van der Waals surface area contributed by atoms with Crippen molar-refractivity contribution in [1.82, 2.24) is 9.80 Å². The number of amidine groups is 2. The van der Waals surface area contributed by atoms with E-state index in [0.717, 1.165) is 37.3 Å². The van der Waals surface area contributed by atoms with E-state index in [4.69, 9.17) is 9.98 Å². The van der Waals surface area contributed by atoms with Gasteiger partial charge in [0.15, 0.2) is 5.84 Å². The van der Waals surface area contributed by atoms with Crippen LogP contribution in [0.15, 0.2) is 69.7 Å². The molecule has 1 aliphatic carbocycles. The highest BCUT2D eigenvalue weighted by Crippen LogP contribution is 2.27. The van der Waals surface area contributed by atoms with Crippen LogP contribution in [0.5, 0.6) is 5.75 Å². The largest absolute Gasteiger partial charge is 0.507 e. The Morgan fingerprint density at radius 3 is 2.47 bits per heavy atom. The van der Waals surface area contributed by atoms with Crippen LogP contribution >= 0.6 is 0 Å². The van der Waals surface area contributed by atoms with Crippen LogP contribution in [0.2, 0.25) is 0 Å². The first-order valence-electron chi connectivity index (χ1n) is 13.4. The SMILES string of the molecule is C/C1=C/C/C=C2/C(N3CCN(C(=O)CCC(C)C)CC3)=NC(c3ccccc3O)=NC2C=C1.CCC. The van der Waals surface area contributed by atoms with Crippen molar-refractivity contribution < 1.29 is 9.90 Å². The average molecular weight is 491 g/mol. The number of piperazine rings is 1. The van der Waals surface area contributed by atoms with Gasteiger partial charge in [0.2, 0.25) is 5.91 Å². The van der Waals surface area contributed by atoms with E-state index in [9.17, 15) is 9.90 Å². The Kier molecular flexibility index (Phi) is 10.1. The monoisotopic (exact) mass is 490 g/mol. The summed E-state index contributed by atoms with van der Waals surface area (Å²) in [6.07, 6.45) is 12.3. The fourth-order valence-electron chi connectivity index (χ4n) is 4.35. The number of rotatable bonds is 4. The van der Waals surface area contributed by atoms with Crippen molar-refractivity contribution in [1.29, 1.82) is 0 Å². The van der Waals surface area contributed by atoms with E-state index in [-0.39, 0.29) is 17.7 Å². The number of aliphatic imine (C=N–C) groups is 2. The summed E-state index contributed by atoms with van der Waals surface area (Å²) in [4.78, 5) is 26.7. The molecular weight excluding hydrogens is 448 g/mol. The second kappa shape index (κ2) is 13.2. The van der Waals surface area contributed by atoms with Gasteiger partial charge >= 0.3 is 0 Å². The summed E-state index contributed by atoms with van der Waals surface area (Å²) in [5.41, 5.74) is 2.94. The Balaban J connectivity index is 0.00000115. The molecule has 0 radical (unpaired) electrons. The molecule has 1 fully saturated rings. The Labute approximate surface area is 216 Å². The van der Waals surface area contributed by atoms with Gasteiger partial charge in [-0.2, -0.15) is 0 Å². The Morgan fingerprint density at radius 1 is 1.11 bits per heavy atom. The lowest BCUT2D eigenvalue weighted by atomic mass is 9.97. The molecule has 1 aromatic rings. The van der Waals surface area contributed by atoms with Crippen LogP contribution in [-0.2, 0) is 4.79 Å². The number of nitrogens with zero attached hydrogens (tertiary/aromatic N) is 4. The minimum Gasteiger partial charge on any atom is -0.507 e. The molecule has 0 bridgehead atoms. The van der Waals surface area contributed by atoms with Gasteiger partial charge in [-0.15, -0.1) is 0 Å². The molecule has 0 spiro atoms. The molecule has 3 aliphatic rings. The highest BCUT2D eigenvalue weighted by molar-refractivity contribution is 6.15. The van der Waals surface area contributed by atoms with E-state index in [1.807, 2.05) is 17.0 Å². The lowest BCUT2D eigenvalue weighted by molar-refractivity contribution is -0.132. The van der Waals surface area contributed by atoms with Crippen molar-refractivity contribution >= 4 is 17.6 Å². The van der Waals surface area contributed by atoms with E-state index in [0.29, 0.717) is 36.8 Å². The van der Waals surface area contributed by atoms with Crippen LogP contribution < -0.4 is 0 Å². The predicted octanol–water partition coefficient (Wildman–Crippen LogP) is 5.75. The Bertz CT molecular complexity index is 1060. The predicted molar refractivity (Wildman–Crippen MR) is 150 cm³/mol. The van der Waals surface area contributed by atoms with Gasteiger partial charge < -0.3 is 14.9 Å². The number of hydrogen-bond acceptors (Lipinski definition) is 5. The second-order valence-electron chi connectivity index (χ2n) is 10.1. The summed E-state index contributed by atoms with van der Waals surface area (Å²) in [5, 5.41) is 10.4. The number of phenolic OH excluding ortho intramolecular Hbond substituents is 1. The summed E-state index contributed by atoms with van der Waals surface area (Å²) in [6, 6.07) is 7.06. The topological polar surface area (TPSA) is 68.5 Å². The fourth-order valence-corrected chi connectivity index (χ4v) is 4.35. The minimum atomic E-state index is -0.151. The second-order valence-corrected chi connectivity index (χ2v) is 10.1. The lowest BCUT2D eigenvalue weighted by Crippen LogP contribution is -2.52. The number of carbonyl (C=O) groups excluding carboxylic acids is 1. The van der Waals surface area contributed by atoms with Crippen molar-refractivity contribution in [2.24, 2.45) is 15.9 Å². The molecule has 6 nitrogen and oxygen atoms in total. The molecule has 1 unspecified atom stereocenters. The van der Waals surface area contributed by atoms with Gasteiger partial charge in [-0.3, -0.25) is 9.79 Å². The molecule has 194 valence electrons. The molecule has 1 aromatic carbocycles. The third kappa shape index (κ3) is 7.19. The van der Waals surface area contributed by atoms with E-state index < -0.39 is 0 Å². The average Bonchev–Trinajstić information content (AvgIpc) is 2.86. The molecule has 4 rings (SSSR count). The van der Waals surface area contributed by atoms with Crippen LogP contribution in [0.25, 0.3) is 0 Å². The third-order valence-corrected chi connectivity index (χ3v) is 6.38. The molecule has 1 atom stereocenters. The number of benzene rings is 1. The lowest BCUT2D eigenvalue weighted by Gasteiger charge is -2.39. The third-order valence-electron chi connectivity index (χ3n) is 6.38. The van der Waals surface area contributed by atoms with Crippen molar-refractivity contribution in [2.45, 2.75) is 66.3 Å². The number of fused-ring (bicyclic) bond motifs is 1. The molecule has 2 aliphatic heterocycles. The molecule has 0 aromatic heterocycles. The summed E-state index contributed by atoms with van der Waals surface area (Å²) in [7, 11) is 0. The van der Waals surface area contributed by atoms with Gasteiger partial charge in [0, 0.05) is 38.2 Å². The summed E-state index contributed by atoms with van der Waals surface area (Å²) in [6.45, 7) is 13.5. The number of phenols is 1. The number of allylic oxidation sites excluding steroid dienone is 4. The van der Waals surface area contributed by atoms with Crippen LogP contribution in [0.4, 0.5) is 0 Å². The van der Waals surface area contributed by atoms with Gasteiger partial charge in [0.05, 0.1) is 11.6 Å². The number of hydrogen-bond donors (Lipinski definition) is 1. The Morgan fingerprint density at radius 2 is 1.81 bits per heavy atom. The van der Waals surface area contributed by atoms with Gasteiger partial charge in [-0.1, -0.05) is 76.1 Å². The number of aromatic hydroxyl groups is 1. The number of amides is 1. The van der Waals surface area contributed by atoms with E-state index >= 15 is 0 Å². The molecular formula is C30H42N4O2. The van der Waals surface area contributed by atoms with E-state index in [1.165, 1.54) is 12.0 Å². The van der Waals surface area contributed by atoms with Gasteiger partial charge in [-0.05, 0) is 37.8 Å². The molecule has 1 amide bonds. The molecule has 2 heterocycles.